The van der Waals surface area contributed by atoms with E-state index in [4.69, 9.17) is 11.6 Å². The number of aromatic nitrogens is 3. The number of nitriles is 1. The van der Waals surface area contributed by atoms with Crippen molar-refractivity contribution in [2.24, 2.45) is 0 Å². The Hall–Kier alpha value is -2.64. The van der Waals surface area contributed by atoms with Crippen LogP contribution in [0.2, 0.25) is 5.02 Å². The number of hydrogen-bond acceptors (Lipinski definition) is 3. The Morgan fingerprint density at radius 3 is 2.70 bits per heavy atom. The molecule has 0 fully saturated rings. The van der Waals surface area contributed by atoms with Crippen molar-refractivity contribution >= 4 is 34.4 Å². The maximum absolute atomic E-state index is 9.36. The summed E-state index contributed by atoms with van der Waals surface area (Å²) < 4.78 is 1.51. The van der Waals surface area contributed by atoms with Gasteiger partial charge in [0, 0.05) is 5.02 Å². The number of fused-ring (bicyclic) bond motifs is 1. The molecule has 1 aromatic heterocycles. The summed E-state index contributed by atoms with van der Waals surface area (Å²) >= 11 is 6.11. The average Bonchev–Trinajstić information content (AvgIpc) is 2.90. The summed E-state index contributed by atoms with van der Waals surface area (Å²) in [7, 11) is 0. The summed E-state index contributed by atoms with van der Waals surface area (Å²) in [6, 6.07) is 17.0. The van der Waals surface area contributed by atoms with Crippen molar-refractivity contribution in [3.63, 3.8) is 0 Å². The molecule has 0 amide bonds. The third-order valence-electron chi connectivity index (χ3n) is 2.89. The van der Waals surface area contributed by atoms with Crippen molar-refractivity contribution in [3.05, 3.63) is 59.1 Å². The minimum Gasteiger partial charge on any atom is -0.202 e. The quantitative estimate of drug-likeness (QED) is 0.674. The average molecular weight is 281 g/mol. The first-order valence-corrected chi connectivity index (χ1v) is 6.34. The lowest BCUT2D eigenvalue weighted by atomic mass is 10.2. The van der Waals surface area contributed by atoms with Gasteiger partial charge in [0.1, 0.15) is 17.3 Å². The number of allylic oxidation sites excluding steroid dienone is 1. The van der Waals surface area contributed by atoms with Gasteiger partial charge in [-0.05, 0) is 29.8 Å². The van der Waals surface area contributed by atoms with Crippen LogP contribution in [0.1, 0.15) is 5.56 Å². The second kappa shape index (κ2) is 5.16. The number of hydrogen-bond donors (Lipinski definition) is 0. The predicted octanol–water partition coefficient (Wildman–Crippen LogP) is 3.61. The lowest BCUT2D eigenvalue weighted by Crippen LogP contribution is -1.97. The van der Waals surface area contributed by atoms with E-state index in [9.17, 15) is 5.26 Å². The highest BCUT2D eigenvalue weighted by Gasteiger charge is 2.08. The molecule has 20 heavy (non-hydrogen) atoms. The fourth-order valence-electron chi connectivity index (χ4n) is 1.93. The van der Waals surface area contributed by atoms with Crippen molar-refractivity contribution in [1.29, 1.82) is 5.26 Å². The first-order chi connectivity index (χ1) is 9.79. The summed E-state index contributed by atoms with van der Waals surface area (Å²) in [5.74, 6) is 0. The molecular formula is C15H9ClN4. The maximum atomic E-state index is 9.36. The van der Waals surface area contributed by atoms with Gasteiger partial charge in [-0.2, -0.15) is 5.26 Å². The summed E-state index contributed by atoms with van der Waals surface area (Å²) in [6.45, 7) is 0. The van der Waals surface area contributed by atoms with Gasteiger partial charge in [-0.3, -0.25) is 0 Å². The second-order valence-electron chi connectivity index (χ2n) is 4.15. The van der Waals surface area contributed by atoms with Crippen LogP contribution in [0, 0.1) is 11.3 Å². The number of halogens is 1. The van der Waals surface area contributed by atoms with Gasteiger partial charge in [0.05, 0.1) is 5.52 Å². The van der Waals surface area contributed by atoms with Gasteiger partial charge in [0.15, 0.2) is 0 Å². The summed E-state index contributed by atoms with van der Waals surface area (Å²) in [5.41, 5.74) is 2.66. The van der Waals surface area contributed by atoms with Gasteiger partial charge in [-0.1, -0.05) is 47.1 Å². The molecule has 5 heteroatoms. The molecule has 0 saturated heterocycles. The molecule has 0 radical (unpaired) electrons. The normalized spacial score (nSPS) is 11.5. The molecule has 3 rings (SSSR count). The molecule has 3 aromatic rings. The summed E-state index contributed by atoms with van der Waals surface area (Å²) in [4.78, 5) is 0. The molecule has 0 bridgehead atoms. The van der Waals surface area contributed by atoms with Crippen LogP contribution in [0.5, 0.6) is 0 Å². The van der Waals surface area contributed by atoms with Crippen LogP contribution in [0.4, 0.5) is 0 Å². The van der Waals surface area contributed by atoms with Crippen molar-refractivity contribution < 1.29 is 0 Å². The number of benzene rings is 2. The molecule has 0 unspecified atom stereocenters. The zero-order valence-electron chi connectivity index (χ0n) is 10.4. The third kappa shape index (κ3) is 2.15. The Morgan fingerprint density at radius 1 is 1.15 bits per heavy atom. The van der Waals surface area contributed by atoms with Crippen molar-refractivity contribution in [3.8, 4) is 6.07 Å². The van der Waals surface area contributed by atoms with Gasteiger partial charge < -0.3 is 0 Å². The van der Waals surface area contributed by atoms with E-state index in [-0.39, 0.29) is 0 Å². The minimum absolute atomic E-state index is 0.367. The smallest absolute Gasteiger partial charge is 0.145 e. The molecule has 1 heterocycles. The minimum atomic E-state index is 0.367. The van der Waals surface area contributed by atoms with Crippen molar-refractivity contribution in [2.45, 2.75) is 0 Å². The molecule has 0 aliphatic heterocycles. The van der Waals surface area contributed by atoms with E-state index >= 15 is 0 Å². The molecule has 4 nitrogen and oxygen atoms in total. The van der Waals surface area contributed by atoms with Gasteiger partial charge >= 0.3 is 0 Å². The monoisotopic (exact) mass is 280 g/mol. The first-order valence-electron chi connectivity index (χ1n) is 5.97. The fraction of sp³-hybridized carbons (Fsp3) is 0. The van der Waals surface area contributed by atoms with E-state index in [1.165, 1.54) is 4.68 Å². The second-order valence-corrected chi connectivity index (χ2v) is 4.56. The highest BCUT2D eigenvalue weighted by Crippen LogP contribution is 2.21. The van der Waals surface area contributed by atoms with Crippen molar-refractivity contribution in [1.82, 2.24) is 15.0 Å². The van der Waals surface area contributed by atoms with Gasteiger partial charge in [0.2, 0.25) is 0 Å². The van der Waals surface area contributed by atoms with E-state index < -0.39 is 0 Å². The Kier molecular flexibility index (Phi) is 3.20. The topological polar surface area (TPSA) is 54.5 Å². The molecule has 96 valence electrons. The highest BCUT2D eigenvalue weighted by atomic mass is 35.5. The highest BCUT2D eigenvalue weighted by molar-refractivity contribution is 6.32. The lowest BCUT2D eigenvalue weighted by Gasteiger charge is -2.01. The zero-order chi connectivity index (χ0) is 13.9. The Bertz CT molecular complexity index is 842. The van der Waals surface area contributed by atoms with Crippen LogP contribution in [0.3, 0.4) is 0 Å². The van der Waals surface area contributed by atoms with E-state index in [2.05, 4.69) is 16.4 Å². The molecule has 0 spiro atoms. The third-order valence-corrected chi connectivity index (χ3v) is 3.24. The zero-order valence-corrected chi connectivity index (χ0v) is 11.1. The number of rotatable bonds is 2. The summed E-state index contributed by atoms with van der Waals surface area (Å²) in [6.07, 6.45) is 1.70. The van der Waals surface area contributed by atoms with Gasteiger partial charge in [-0.15, -0.1) is 5.10 Å². The number of para-hydroxylation sites is 1. The van der Waals surface area contributed by atoms with Crippen LogP contribution < -0.4 is 0 Å². The molecule has 0 N–H and O–H groups in total. The van der Waals surface area contributed by atoms with Crippen LogP contribution in [-0.2, 0) is 0 Å². The first kappa shape index (κ1) is 12.4. The standard InChI is InChI=1S/C15H9ClN4/c16-13-6-2-1-5-11(13)9-12(10-17)20-15-8-4-3-7-14(15)18-19-20/h1-9H/b12-9+. The van der Waals surface area contributed by atoms with Crippen LogP contribution in [0.25, 0.3) is 22.8 Å². The molecule has 0 saturated carbocycles. The Labute approximate surface area is 120 Å². The molecule has 2 aromatic carbocycles. The van der Waals surface area contributed by atoms with E-state index in [0.717, 1.165) is 16.6 Å². The van der Waals surface area contributed by atoms with Crippen LogP contribution in [-0.4, -0.2) is 15.0 Å². The lowest BCUT2D eigenvalue weighted by molar-refractivity contribution is 0.848. The molecule has 0 aliphatic carbocycles. The van der Waals surface area contributed by atoms with Gasteiger partial charge in [-0.25, -0.2) is 4.68 Å². The fourth-order valence-corrected chi connectivity index (χ4v) is 2.12. The SMILES string of the molecule is N#C/C(=C\c1ccccc1Cl)n1nnc2ccccc21. The van der Waals surface area contributed by atoms with Crippen LogP contribution in [0.15, 0.2) is 48.5 Å². The van der Waals surface area contributed by atoms with Crippen molar-refractivity contribution in [2.75, 3.05) is 0 Å². The molecule has 0 aliphatic rings. The Balaban J connectivity index is 2.16. The van der Waals surface area contributed by atoms with Gasteiger partial charge in [0.25, 0.3) is 0 Å². The van der Waals surface area contributed by atoms with Crippen LogP contribution >= 0.6 is 11.6 Å². The maximum Gasteiger partial charge on any atom is 0.145 e. The number of nitrogens with zero attached hydrogens (tertiary/aromatic N) is 4. The predicted molar refractivity (Wildman–Crippen MR) is 78.8 cm³/mol. The van der Waals surface area contributed by atoms with E-state index in [1.807, 2.05) is 42.5 Å². The summed E-state index contributed by atoms with van der Waals surface area (Å²) in [5, 5.41) is 18.0. The molecular weight excluding hydrogens is 272 g/mol. The largest absolute Gasteiger partial charge is 0.202 e. The van der Waals surface area contributed by atoms with E-state index in [1.54, 1.807) is 12.1 Å². The Morgan fingerprint density at radius 2 is 1.90 bits per heavy atom. The molecule has 0 atom stereocenters. The van der Waals surface area contributed by atoms with E-state index in [0.29, 0.717) is 10.7 Å².